The molecule has 0 aromatic heterocycles. The molecule has 1 N–H and O–H groups in total. The van der Waals surface area contributed by atoms with E-state index in [-0.39, 0.29) is 12.7 Å². The Labute approximate surface area is 105 Å². The number of methoxy groups -OCH3 is 1. The summed E-state index contributed by atoms with van der Waals surface area (Å²) in [6.45, 7) is 1.77. The van der Waals surface area contributed by atoms with Crippen LogP contribution in [0.25, 0.3) is 0 Å². The summed E-state index contributed by atoms with van der Waals surface area (Å²) in [5.74, 6) is 0.0341. The van der Waals surface area contributed by atoms with Gasteiger partial charge in [-0.05, 0) is 24.6 Å². The number of benzene rings is 1. The van der Waals surface area contributed by atoms with Gasteiger partial charge in [0.2, 0.25) is 5.90 Å². The Kier molecular flexibility index (Phi) is 3.62. The van der Waals surface area contributed by atoms with Crippen molar-refractivity contribution < 1.29 is 19.4 Å². The number of esters is 1. The molecule has 1 heterocycles. The lowest BCUT2D eigenvalue weighted by molar-refractivity contribution is -0.143. The van der Waals surface area contributed by atoms with Crippen molar-refractivity contribution in [1.29, 1.82) is 0 Å². The highest BCUT2D eigenvalue weighted by Crippen LogP contribution is 2.19. The average Bonchev–Trinajstić information content (AvgIpc) is 2.80. The summed E-state index contributed by atoms with van der Waals surface area (Å²) in [4.78, 5) is 15.7. The van der Waals surface area contributed by atoms with Gasteiger partial charge in [-0.15, -0.1) is 0 Å². The van der Waals surface area contributed by atoms with E-state index in [4.69, 9.17) is 9.84 Å². The van der Waals surface area contributed by atoms with Crippen LogP contribution in [0.3, 0.4) is 0 Å². The zero-order chi connectivity index (χ0) is 13.1. The van der Waals surface area contributed by atoms with Crippen LogP contribution in [0.4, 0.5) is 0 Å². The summed E-state index contributed by atoms with van der Waals surface area (Å²) in [6.07, 6.45) is -0.329. The smallest absolute Gasteiger partial charge is 0.334 e. The van der Waals surface area contributed by atoms with Crippen molar-refractivity contribution in [2.24, 2.45) is 4.99 Å². The Balaban J connectivity index is 2.21. The zero-order valence-corrected chi connectivity index (χ0v) is 10.3. The second-order valence-electron chi connectivity index (χ2n) is 4.08. The number of aliphatic hydroxyl groups is 1. The lowest BCUT2D eigenvalue weighted by atomic mass is 10.1. The Morgan fingerprint density at radius 2 is 2.11 bits per heavy atom. The van der Waals surface area contributed by atoms with Gasteiger partial charge in [-0.25, -0.2) is 9.79 Å². The molecule has 0 aliphatic carbocycles. The number of nitrogens with zero attached hydrogens (tertiary/aromatic N) is 1. The van der Waals surface area contributed by atoms with Crippen molar-refractivity contribution in [2.45, 2.75) is 25.7 Å². The predicted octanol–water partition coefficient (Wildman–Crippen LogP) is 0.886. The fourth-order valence-corrected chi connectivity index (χ4v) is 1.76. The molecule has 0 fully saturated rings. The molecule has 5 nitrogen and oxygen atoms in total. The number of ether oxygens (including phenoxy) is 2. The van der Waals surface area contributed by atoms with Gasteiger partial charge in [0.15, 0.2) is 6.04 Å². The standard InChI is InChI=1S/C13H15NO4/c1-8-11(13(16)17-2)14-12(18-8)10-5-3-9(7-15)4-6-10/h3-6,8,11,15H,7H2,1-2H3/t8-,11+/m1/s1. The summed E-state index contributed by atoms with van der Waals surface area (Å²) < 4.78 is 10.2. The van der Waals surface area contributed by atoms with Crippen LogP contribution >= 0.6 is 0 Å². The number of hydrogen-bond donors (Lipinski definition) is 1. The molecular formula is C13H15NO4. The lowest BCUT2D eigenvalue weighted by Crippen LogP contribution is -2.28. The number of carbonyl (C=O) groups is 1. The van der Waals surface area contributed by atoms with Gasteiger partial charge in [0.05, 0.1) is 13.7 Å². The molecule has 0 spiro atoms. The topological polar surface area (TPSA) is 68.1 Å². The molecule has 5 heteroatoms. The number of carbonyl (C=O) groups excluding carboxylic acids is 1. The van der Waals surface area contributed by atoms with Gasteiger partial charge < -0.3 is 14.6 Å². The first kappa shape index (κ1) is 12.6. The minimum absolute atomic E-state index is 0.00516. The van der Waals surface area contributed by atoms with Crippen molar-refractivity contribution in [3.8, 4) is 0 Å². The minimum atomic E-state index is -0.609. The van der Waals surface area contributed by atoms with E-state index >= 15 is 0 Å². The third-order valence-electron chi connectivity index (χ3n) is 2.82. The Bertz CT molecular complexity index is 466. The van der Waals surface area contributed by atoms with E-state index in [0.717, 1.165) is 11.1 Å². The van der Waals surface area contributed by atoms with Gasteiger partial charge in [0, 0.05) is 5.56 Å². The highest BCUT2D eigenvalue weighted by Gasteiger charge is 2.34. The van der Waals surface area contributed by atoms with Crippen molar-refractivity contribution >= 4 is 11.9 Å². The maximum Gasteiger partial charge on any atom is 0.334 e. The Hall–Kier alpha value is -1.88. The fraction of sp³-hybridized carbons (Fsp3) is 0.385. The van der Waals surface area contributed by atoms with Gasteiger partial charge in [0.25, 0.3) is 0 Å². The van der Waals surface area contributed by atoms with Gasteiger partial charge in [-0.2, -0.15) is 0 Å². The van der Waals surface area contributed by atoms with Crippen molar-refractivity contribution in [1.82, 2.24) is 0 Å². The Morgan fingerprint density at radius 3 is 2.67 bits per heavy atom. The monoisotopic (exact) mass is 249 g/mol. The number of aliphatic hydroxyl groups excluding tert-OH is 1. The van der Waals surface area contributed by atoms with E-state index < -0.39 is 12.0 Å². The second kappa shape index (κ2) is 5.18. The molecule has 0 amide bonds. The van der Waals surface area contributed by atoms with Crippen LogP contribution in [0.15, 0.2) is 29.3 Å². The average molecular weight is 249 g/mol. The number of hydrogen-bond acceptors (Lipinski definition) is 5. The minimum Gasteiger partial charge on any atom is -0.472 e. The van der Waals surface area contributed by atoms with E-state index in [1.54, 1.807) is 31.2 Å². The Morgan fingerprint density at radius 1 is 1.44 bits per heavy atom. The predicted molar refractivity (Wildman–Crippen MR) is 65.3 cm³/mol. The fourth-order valence-electron chi connectivity index (χ4n) is 1.76. The van der Waals surface area contributed by atoms with Crippen LogP contribution in [0.5, 0.6) is 0 Å². The van der Waals surface area contributed by atoms with E-state index in [1.807, 2.05) is 0 Å². The van der Waals surface area contributed by atoms with E-state index in [2.05, 4.69) is 9.73 Å². The normalized spacial score (nSPS) is 22.3. The van der Waals surface area contributed by atoms with E-state index in [1.165, 1.54) is 7.11 Å². The third-order valence-corrected chi connectivity index (χ3v) is 2.82. The summed E-state index contributed by atoms with van der Waals surface area (Å²) in [5, 5.41) is 8.96. The van der Waals surface area contributed by atoms with Crippen LogP contribution in [0.1, 0.15) is 18.1 Å². The summed E-state index contributed by atoms with van der Waals surface area (Å²) in [6, 6.07) is 6.57. The van der Waals surface area contributed by atoms with Crippen molar-refractivity contribution in [2.75, 3.05) is 7.11 Å². The third kappa shape index (κ3) is 2.36. The summed E-state index contributed by atoms with van der Waals surface area (Å²) in [7, 11) is 1.33. The molecule has 1 aromatic rings. The maximum absolute atomic E-state index is 11.5. The molecule has 0 saturated heterocycles. The molecular weight excluding hydrogens is 234 g/mol. The molecule has 0 saturated carbocycles. The molecule has 2 atom stereocenters. The molecule has 1 aliphatic heterocycles. The van der Waals surface area contributed by atoms with Crippen LogP contribution in [0, 0.1) is 0 Å². The molecule has 0 radical (unpaired) electrons. The number of rotatable bonds is 3. The first-order valence-electron chi connectivity index (χ1n) is 5.68. The first-order chi connectivity index (χ1) is 8.65. The SMILES string of the molecule is COC(=O)[C@H]1N=C(c2ccc(CO)cc2)O[C@@H]1C. The summed E-state index contributed by atoms with van der Waals surface area (Å²) in [5.41, 5.74) is 1.60. The van der Waals surface area contributed by atoms with E-state index in [0.29, 0.717) is 5.90 Å². The van der Waals surface area contributed by atoms with Gasteiger partial charge in [-0.1, -0.05) is 12.1 Å². The van der Waals surface area contributed by atoms with Crippen molar-refractivity contribution in [3.63, 3.8) is 0 Å². The number of aliphatic imine (C=N–C) groups is 1. The van der Waals surface area contributed by atoms with Crippen LogP contribution < -0.4 is 0 Å². The largest absolute Gasteiger partial charge is 0.472 e. The molecule has 1 aromatic carbocycles. The van der Waals surface area contributed by atoms with Gasteiger partial charge in [0.1, 0.15) is 6.10 Å². The molecule has 1 aliphatic rings. The van der Waals surface area contributed by atoms with Gasteiger partial charge >= 0.3 is 5.97 Å². The van der Waals surface area contributed by atoms with Crippen LogP contribution in [0.2, 0.25) is 0 Å². The highest BCUT2D eigenvalue weighted by molar-refractivity contribution is 5.98. The quantitative estimate of drug-likeness (QED) is 0.808. The summed E-state index contributed by atoms with van der Waals surface area (Å²) >= 11 is 0. The van der Waals surface area contributed by atoms with Gasteiger partial charge in [-0.3, -0.25) is 0 Å². The first-order valence-corrected chi connectivity index (χ1v) is 5.68. The maximum atomic E-state index is 11.5. The molecule has 18 heavy (non-hydrogen) atoms. The van der Waals surface area contributed by atoms with E-state index in [9.17, 15) is 4.79 Å². The molecule has 0 bridgehead atoms. The van der Waals surface area contributed by atoms with Crippen LogP contribution in [-0.2, 0) is 20.9 Å². The second-order valence-corrected chi connectivity index (χ2v) is 4.08. The molecule has 96 valence electrons. The van der Waals surface area contributed by atoms with Crippen molar-refractivity contribution in [3.05, 3.63) is 35.4 Å². The molecule has 2 rings (SSSR count). The zero-order valence-electron chi connectivity index (χ0n) is 10.3. The molecule has 0 unspecified atom stereocenters. The highest BCUT2D eigenvalue weighted by atomic mass is 16.5. The lowest BCUT2D eigenvalue weighted by Gasteiger charge is -2.10. The van der Waals surface area contributed by atoms with Crippen LogP contribution in [-0.4, -0.2) is 36.2 Å².